The summed E-state index contributed by atoms with van der Waals surface area (Å²) in [6, 6.07) is 9.74. The van der Waals surface area contributed by atoms with Crippen LogP contribution in [0.1, 0.15) is 36.5 Å². The number of anilines is 1. The second-order valence-corrected chi connectivity index (χ2v) is 6.01. The monoisotopic (exact) mass is 273 g/mol. The molecular weight excluding hydrogens is 250 g/mol. The number of likely N-dealkylation sites (tertiary alicyclic amines) is 1. The van der Waals surface area contributed by atoms with Gasteiger partial charge in [-0.3, -0.25) is 9.69 Å². The van der Waals surface area contributed by atoms with E-state index in [0.29, 0.717) is 17.6 Å². The number of carbonyl (C=O) groups excluding carboxylic acids is 1. The normalized spacial score (nSPS) is 26.5. The van der Waals surface area contributed by atoms with Crippen molar-refractivity contribution in [2.45, 2.75) is 44.3 Å². The highest BCUT2D eigenvalue weighted by molar-refractivity contribution is 5.94. The van der Waals surface area contributed by atoms with Gasteiger partial charge in [0.25, 0.3) is 5.91 Å². The van der Waals surface area contributed by atoms with Crippen molar-refractivity contribution in [1.82, 2.24) is 10.2 Å². The Balaban J connectivity index is 1.64. The van der Waals surface area contributed by atoms with E-state index in [-0.39, 0.29) is 5.91 Å². The minimum atomic E-state index is -0.0342. The van der Waals surface area contributed by atoms with E-state index in [9.17, 15) is 4.79 Å². The van der Waals surface area contributed by atoms with Crippen molar-refractivity contribution >= 4 is 11.6 Å². The summed E-state index contributed by atoms with van der Waals surface area (Å²) in [5, 5.41) is 6.25. The summed E-state index contributed by atoms with van der Waals surface area (Å²) < 4.78 is 0. The van der Waals surface area contributed by atoms with E-state index in [4.69, 9.17) is 0 Å². The van der Waals surface area contributed by atoms with Crippen molar-refractivity contribution in [3.8, 4) is 0 Å². The van der Waals surface area contributed by atoms with E-state index in [1.165, 1.54) is 19.3 Å². The molecule has 108 valence electrons. The van der Waals surface area contributed by atoms with Crippen LogP contribution in [0.25, 0.3) is 0 Å². The van der Waals surface area contributed by atoms with Crippen molar-refractivity contribution in [2.24, 2.45) is 0 Å². The van der Waals surface area contributed by atoms with Gasteiger partial charge in [-0.05, 0) is 44.4 Å². The van der Waals surface area contributed by atoms with Crippen molar-refractivity contribution < 1.29 is 4.79 Å². The Labute approximate surface area is 120 Å². The Morgan fingerprint density at radius 1 is 1.35 bits per heavy atom. The van der Waals surface area contributed by atoms with Gasteiger partial charge in [0.05, 0.1) is 0 Å². The predicted molar refractivity (Wildman–Crippen MR) is 81.0 cm³/mol. The van der Waals surface area contributed by atoms with E-state index < -0.39 is 0 Å². The fraction of sp³-hybridized carbons (Fsp3) is 0.562. The summed E-state index contributed by atoms with van der Waals surface area (Å²) >= 11 is 0. The maximum Gasteiger partial charge on any atom is 0.251 e. The SMILES string of the molecule is CNC(=O)c1cccc(NC2CC(C)N(C3CC3)C2)c1. The molecule has 1 aliphatic heterocycles. The summed E-state index contributed by atoms with van der Waals surface area (Å²) in [7, 11) is 1.66. The van der Waals surface area contributed by atoms with Crippen molar-refractivity contribution in [2.75, 3.05) is 18.9 Å². The van der Waals surface area contributed by atoms with Gasteiger partial charge in [-0.2, -0.15) is 0 Å². The molecule has 1 saturated carbocycles. The van der Waals surface area contributed by atoms with Crippen LogP contribution in [0.5, 0.6) is 0 Å². The van der Waals surface area contributed by atoms with Crippen molar-refractivity contribution in [3.05, 3.63) is 29.8 Å². The Hall–Kier alpha value is -1.55. The molecule has 2 aliphatic rings. The molecule has 2 atom stereocenters. The average molecular weight is 273 g/mol. The summed E-state index contributed by atoms with van der Waals surface area (Å²) in [6.45, 7) is 3.44. The van der Waals surface area contributed by atoms with Gasteiger partial charge < -0.3 is 10.6 Å². The highest BCUT2D eigenvalue weighted by Gasteiger charge is 2.38. The average Bonchev–Trinajstić information content (AvgIpc) is 3.23. The number of benzene rings is 1. The molecule has 1 heterocycles. The third kappa shape index (κ3) is 2.80. The van der Waals surface area contributed by atoms with Crippen LogP contribution in [-0.4, -0.2) is 42.5 Å². The van der Waals surface area contributed by atoms with Crippen LogP contribution in [0.3, 0.4) is 0 Å². The number of nitrogens with zero attached hydrogens (tertiary/aromatic N) is 1. The summed E-state index contributed by atoms with van der Waals surface area (Å²) in [5.74, 6) is -0.0342. The smallest absolute Gasteiger partial charge is 0.251 e. The van der Waals surface area contributed by atoms with Gasteiger partial charge >= 0.3 is 0 Å². The number of amides is 1. The largest absolute Gasteiger partial charge is 0.381 e. The molecule has 1 aromatic rings. The minimum Gasteiger partial charge on any atom is -0.381 e. The first-order valence-corrected chi connectivity index (χ1v) is 7.52. The molecule has 4 heteroatoms. The zero-order valence-electron chi connectivity index (χ0n) is 12.2. The number of hydrogen-bond donors (Lipinski definition) is 2. The topological polar surface area (TPSA) is 44.4 Å². The van der Waals surface area contributed by atoms with E-state index in [0.717, 1.165) is 18.3 Å². The Bertz CT molecular complexity index is 498. The lowest BCUT2D eigenvalue weighted by Gasteiger charge is -2.20. The lowest BCUT2D eigenvalue weighted by atomic mass is 10.1. The maximum absolute atomic E-state index is 11.7. The highest BCUT2D eigenvalue weighted by Crippen LogP contribution is 2.34. The zero-order chi connectivity index (χ0) is 14.1. The lowest BCUT2D eigenvalue weighted by molar-refractivity contribution is 0.0963. The Morgan fingerprint density at radius 3 is 2.85 bits per heavy atom. The van der Waals surface area contributed by atoms with Gasteiger partial charge in [0.2, 0.25) is 0 Å². The molecular formula is C16H23N3O. The van der Waals surface area contributed by atoms with E-state index in [1.807, 2.05) is 24.3 Å². The van der Waals surface area contributed by atoms with E-state index in [1.54, 1.807) is 7.05 Å². The standard InChI is InChI=1S/C16H23N3O/c1-11-8-14(10-19(11)15-6-7-15)18-13-5-3-4-12(9-13)16(20)17-2/h3-5,9,11,14-15,18H,6-8,10H2,1-2H3,(H,17,20). The van der Waals surface area contributed by atoms with Crippen LogP contribution in [0.2, 0.25) is 0 Å². The molecule has 20 heavy (non-hydrogen) atoms. The quantitative estimate of drug-likeness (QED) is 0.883. The molecule has 0 spiro atoms. The molecule has 1 aliphatic carbocycles. The number of hydrogen-bond acceptors (Lipinski definition) is 3. The van der Waals surface area contributed by atoms with Gasteiger partial charge in [-0.1, -0.05) is 6.07 Å². The van der Waals surface area contributed by atoms with E-state index >= 15 is 0 Å². The zero-order valence-corrected chi connectivity index (χ0v) is 12.2. The molecule has 0 aromatic heterocycles. The summed E-state index contributed by atoms with van der Waals surface area (Å²) in [6.07, 6.45) is 3.91. The van der Waals surface area contributed by atoms with Crippen LogP contribution in [0.15, 0.2) is 24.3 Å². The fourth-order valence-corrected chi connectivity index (χ4v) is 3.21. The molecule has 4 nitrogen and oxygen atoms in total. The molecule has 1 saturated heterocycles. The maximum atomic E-state index is 11.7. The van der Waals surface area contributed by atoms with Gasteiger partial charge in [-0.25, -0.2) is 0 Å². The highest BCUT2D eigenvalue weighted by atomic mass is 16.1. The minimum absolute atomic E-state index is 0.0342. The molecule has 2 fully saturated rings. The lowest BCUT2D eigenvalue weighted by Crippen LogP contribution is -2.31. The van der Waals surface area contributed by atoms with Crippen LogP contribution < -0.4 is 10.6 Å². The van der Waals surface area contributed by atoms with Crippen LogP contribution in [0, 0.1) is 0 Å². The van der Waals surface area contributed by atoms with Crippen LogP contribution >= 0.6 is 0 Å². The second-order valence-electron chi connectivity index (χ2n) is 6.01. The van der Waals surface area contributed by atoms with Crippen molar-refractivity contribution in [1.29, 1.82) is 0 Å². The fourth-order valence-electron chi connectivity index (χ4n) is 3.21. The first-order chi connectivity index (χ1) is 9.67. The summed E-state index contributed by atoms with van der Waals surface area (Å²) in [5.41, 5.74) is 1.75. The second kappa shape index (κ2) is 5.44. The van der Waals surface area contributed by atoms with Crippen molar-refractivity contribution in [3.63, 3.8) is 0 Å². The Morgan fingerprint density at radius 2 is 2.15 bits per heavy atom. The first kappa shape index (κ1) is 13.4. The molecule has 0 bridgehead atoms. The van der Waals surface area contributed by atoms with E-state index in [2.05, 4.69) is 22.5 Å². The van der Waals surface area contributed by atoms with Crippen LogP contribution in [0.4, 0.5) is 5.69 Å². The van der Waals surface area contributed by atoms with Gasteiger partial charge in [0.15, 0.2) is 0 Å². The molecule has 3 rings (SSSR count). The number of nitrogens with one attached hydrogen (secondary N) is 2. The van der Waals surface area contributed by atoms with Gasteiger partial charge in [-0.15, -0.1) is 0 Å². The molecule has 2 N–H and O–H groups in total. The third-order valence-corrected chi connectivity index (χ3v) is 4.36. The van der Waals surface area contributed by atoms with Gasteiger partial charge in [0.1, 0.15) is 0 Å². The first-order valence-electron chi connectivity index (χ1n) is 7.52. The Kier molecular flexibility index (Phi) is 3.66. The number of carbonyl (C=O) groups is 1. The third-order valence-electron chi connectivity index (χ3n) is 4.36. The molecule has 2 unspecified atom stereocenters. The predicted octanol–water partition coefficient (Wildman–Crippen LogP) is 2.08. The van der Waals surface area contributed by atoms with Gasteiger partial charge in [0, 0.05) is 43.0 Å². The van der Waals surface area contributed by atoms with Crippen LogP contribution in [-0.2, 0) is 0 Å². The molecule has 1 aromatic carbocycles. The number of rotatable bonds is 4. The molecule has 0 radical (unpaired) electrons. The summed E-state index contributed by atoms with van der Waals surface area (Å²) in [4.78, 5) is 14.3. The molecule has 1 amide bonds.